The second-order valence-electron chi connectivity index (χ2n) is 9.90. The average molecular weight is 689 g/mol. The van der Waals surface area contributed by atoms with Crippen LogP contribution < -0.4 is 43.9 Å². The number of nitrogens with zero attached hydrogens (tertiary/aromatic N) is 2. The minimum absolute atomic E-state index is 0.0187. The summed E-state index contributed by atoms with van der Waals surface area (Å²) < 4.78 is 37.1. The molecule has 0 spiro atoms. The summed E-state index contributed by atoms with van der Waals surface area (Å²) in [4.78, 5) is 50.0. The van der Waals surface area contributed by atoms with Crippen LogP contribution in [-0.4, -0.2) is 71.6 Å². The van der Waals surface area contributed by atoms with Crippen LogP contribution in [0.15, 0.2) is 71.8 Å². The van der Waals surface area contributed by atoms with Gasteiger partial charge in [-0.05, 0) is 54.6 Å². The van der Waals surface area contributed by atoms with Gasteiger partial charge in [0.1, 0.15) is 0 Å². The minimum atomic E-state index is -0.963. The Hall–Kier alpha value is -6.84. The number of nitro groups is 1. The number of hydrazone groups is 1. The van der Waals surface area contributed by atoms with Crippen LogP contribution in [0, 0.1) is 10.1 Å². The highest BCUT2D eigenvalue weighted by Crippen LogP contribution is 2.40. The van der Waals surface area contributed by atoms with Gasteiger partial charge in [-0.2, -0.15) is 5.10 Å². The Morgan fingerprint density at radius 3 is 1.66 bits per heavy atom. The van der Waals surface area contributed by atoms with Gasteiger partial charge < -0.3 is 38.5 Å². The summed E-state index contributed by atoms with van der Waals surface area (Å²) >= 11 is 0. The molecule has 0 radical (unpaired) electrons. The van der Waals surface area contributed by atoms with Gasteiger partial charge in [-0.25, -0.2) is 10.2 Å². The lowest BCUT2D eigenvalue weighted by atomic mass is 10.1. The first-order valence-electron chi connectivity index (χ1n) is 14.4. The number of hydrogen-bond acceptors (Lipinski definition) is 13. The first-order valence-corrected chi connectivity index (χ1v) is 14.4. The molecule has 0 saturated carbocycles. The number of nitrogens with one attached hydrogen (secondary N) is 2. The van der Waals surface area contributed by atoms with E-state index in [0.717, 1.165) is 12.3 Å². The number of nitro benzene ring substituents is 1. The lowest BCUT2D eigenvalue weighted by Crippen LogP contribution is -2.18. The molecule has 2 N–H and O–H groups in total. The highest BCUT2D eigenvalue weighted by atomic mass is 16.6. The molecule has 4 aromatic rings. The van der Waals surface area contributed by atoms with Crippen LogP contribution in [0.3, 0.4) is 0 Å². The molecule has 0 aliphatic rings. The highest BCUT2D eigenvalue weighted by Gasteiger charge is 2.25. The van der Waals surface area contributed by atoms with E-state index >= 15 is 0 Å². The minimum Gasteiger partial charge on any atom is -0.493 e. The molecule has 0 atom stereocenters. The Morgan fingerprint density at radius 2 is 1.18 bits per heavy atom. The van der Waals surface area contributed by atoms with Crippen molar-refractivity contribution in [3.05, 3.63) is 99.1 Å². The first-order chi connectivity index (χ1) is 24.1. The molecule has 0 aromatic heterocycles. The summed E-state index contributed by atoms with van der Waals surface area (Å²) in [6.07, 6.45) is 1.09. The predicted octanol–water partition coefficient (Wildman–Crippen LogP) is 4.88. The quantitative estimate of drug-likeness (QED) is 0.0600. The van der Waals surface area contributed by atoms with E-state index in [-0.39, 0.29) is 39.5 Å². The topological polar surface area (TPSA) is 195 Å². The molecular formula is C34H32N4O12. The number of amides is 2. The van der Waals surface area contributed by atoms with Gasteiger partial charge in [0.05, 0.1) is 59.4 Å². The highest BCUT2D eigenvalue weighted by molar-refractivity contribution is 6.05. The molecule has 0 aliphatic heterocycles. The molecule has 0 heterocycles. The molecule has 16 heteroatoms. The zero-order valence-corrected chi connectivity index (χ0v) is 27.7. The SMILES string of the molecule is COc1cc(C(=O)Nc2ccc(C(=O)N/N=C/c3cccc([N+](=O)[O-])c3OC(=O)c3cc(OC)c(OC)c(OC)c3)cc2)cc(OC)c1OC. The fourth-order valence-electron chi connectivity index (χ4n) is 4.59. The second kappa shape index (κ2) is 16.3. The van der Waals surface area contributed by atoms with E-state index in [1.165, 1.54) is 103 Å². The van der Waals surface area contributed by atoms with Crippen molar-refractivity contribution in [1.82, 2.24) is 5.43 Å². The number of para-hydroxylation sites is 1. The van der Waals surface area contributed by atoms with Crippen LogP contribution in [0.25, 0.3) is 0 Å². The van der Waals surface area contributed by atoms with Crippen molar-refractivity contribution in [2.75, 3.05) is 48.0 Å². The number of benzene rings is 4. The van der Waals surface area contributed by atoms with Gasteiger partial charge in [0.25, 0.3) is 11.8 Å². The van der Waals surface area contributed by atoms with Gasteiger partial charge in [0, 0.05) is 28.4 Å². The monoisotopic (exact) mass is 688 g/mol. The predicted molar refractivity (Wildman–Crippen MR) is 180 cm³/mol. The lowest BCUT2D eigenvalue weighted by Gasteiger charge is -2.14. The van der Waals surface area contributed by atoms with Gasteiger partial charge in [0.2, 0.25) is 17.2 Å². The molecule has 4 rings (SSSR count). The van der Waals surface area contributed by atoms with E-state index in [4.69, 9.17) is 33.2 Å². The van der Waals surface area contributed by atoms with E-state index in [1.54, 1.807) is 0 Å². The van der Waals surface area contributed by atoms with E-state index in [9.17, 15) is 24.5 Å². The fourth-order valence-corrected chi connectivity index (χ4v) is 4.59. The number of carbonyl (C=O) groups excluding carboxylic acids is 3. The standard InChI is InChI=1S/C34H32N4O12/c1-44-25-14-21(15-26(45-2)30(25)48-5)32(39)36-23-12-10-19(11-13-23)33(40)37-35-18-20-8-7-9-24(38(42)43)29(20)50-34(41)22-16-27(46-3)31(49-6)28(17-22)47-4/h7-18H,1-6H3,(H,36,39)(H,37,40)/b35-18+. The normalized spacial score (nSPS) is 10.5. The van der Waals surface area contributed by atoms with E-state index in [2.05, 4.69) is 15.8 Å². The summed E-state index contributed by atoms with van der Waals surface area (Å²) in [7, 11) is 8.44. The molecule has 0 aliphatic carbocycles. The maximum absolute atomic E-state index is 13.1. The molecule has 0 saturated heterocycles. The largest absolute Gasteiger partial charge is 0.493 e. The third-order valence-corrected chi connectivity index (χ3v) is 7.02. The Kier molecular flexibility index (Phi) is 11.8. The van der Waals surface area contributed by atoms with Crippen molar-refractivity contribution in [3.63, 3.8) is 0 Å². The van der Waals surface area contributed by atoms with Gasteiger partial charge in [-0.3, -0.25) is 19.7 Å². The summed E-state index contributed by atoms with van der Waals surface area (Å²) in [5, 5.41) is 18.4. The van der Waals surface area contributed by atoms with Crippen LogP contribution in [-0.2, 0) is 0 Å². The molecule has 2 amide bonds. The van der Waals surface area contributed by atoms with Crippen LogP contribution in [0.4, 0.5) is 11.4 Å². The van der Waals surface area contributed by atoms with Crippen LogP contribution >= 0.6 is 0 Å². The molecular weight excluding hydrogens is 656 g/mol. The van der Waals surface area contributed by atoms with E-state index in [0.29, 0.717) is 22.9 Å². The zero-order valence-electron chi connectivity index (χ0n) is 27.7. The third-order valence-electron chi connectivity index (χ3n) is 7.02. The summed E-state index contributed by atoms with van der Waals surface area (Å²) in [6, 6.07) is 15.5. The Labute approximate surface area is 285 Å². The summed E-state index contributed by atoms with van der Waals surface area (Å²) in [5.74, 6) is -0.971. The van der Waals surface area contributed by atoms with Crippen molar-refractivity contribution in [1.29, 1.82) is 0 Å². The van der Waals surface area contributed by atoms with Crippen molar-refractivity contribution in [3.8, 4) is 40.2 Å². The number of ether oxygens (including phenoxy) is 7. The summed E-state index contributed by atoms with van der Waals surface area (Å²) in [6.45, 7) is 0. The third kappa shape index (κ3) is 7.99. The van der Waals surface area contributed by atoms with Crippen molar-refractivity contribution < 1.29 is 52.5 Å². The molecule has 16 nitrogen and oxygen atoms in total. The number of anilines is 1. The second-order valence-corrected chi connectivity index (χ2v) is 9.90. The van der Waals surface area contributed by atoms with Gasteiger partial charge in [0.15, 0.2) is 23.0 Å². The number of rotatable bonds is 14. The molecule has 0 bridgehead atoms. The number of methoxy groups -OCH3 is 6. The van der Waals surface area contributed by atoms with Crippen molar-refractivity contribution in [2.45, 2.75) is 0 Å². The van der Waals surface area contributed by atoms with Crippen molar-refractivity contribution >= 4 is 35.4 Å². The molecule has 4 aromatic carbocycles. The number of carbonyl (C=O) groups is 3. The zero-order chi connectivity index (χ0) is 36.4. The Balaban J connectivity index is 1.48. The number of esters is 1. The molecule has 0 unspecified atom stereocenters. The lowest BCUT2D eigenvalue weighted by molar-refractivity contribution is -0.385. The van der Waals surface area contributed by atoms with Gasteiger partial charge in [-0.15, -0.1) is 0 Å². The molecule has 50 heavy (non-hydrogen) atoms. The fraction of sp³-hybridized carbons (Fsp3) is 0.176. The Bertz CT molecular complexity index is 1890. The summed E-state index contributed by atoms with van der Waals surface area (Å²) in [5.41, 5.74) is 2.58. The first kappa shape index (κ1) is 36.0. The maximum Gasteiger partial charge on any atom is 0.344 e. The van der Waals surface area contributed by atoms with Gasteiger partial charge in [-0.1, -0.05) is 6.07 Å². The van der Waals surface area contributed by atoms with E-state index in [1.807, 2.05) is 0 Å². The van der Waals surface area contributed by atoms with Gasteiger partial charge >= 0.3 is 11.7 Å². The smallest absolute Gasteiger partial charge is 0.344 e. The molecule has 260 valence electrons. The average Bonchev–Trinajstić information content (AvgIpc) is 3.13. The number of hydrogen-bond donors (Lipinski definition) is 2. The van der Waals surface area contributed by atoms with Crippen LogP contribution in [0.5, 0.6) is 40.2 Å². The molecule has 0 fully saturated rings. The van der Waals surface area contributed by atoms with Crippen LogP contribution in [0.2, 0.25) is 0 Å². The van der Waals surface area contributed by atoms with E-state index < -0.39 is 34.1 Å². The maximum atomic E-state index is 13.1. The van der Waals surface area contributed by atoms with Crippen LogP contribution in [0.1, 0.15) is 36.6 Å². The van der Waals surface area contributed by atoms with Crippen molar-refractivity contribution in [2.24, 2.45) is 5.10 Å². The Morgan fingerprint density at radius 1 is 0.660 bits per heavy atom.